The van der Waals surface area contributed by atoms with Crippen LogP contribution in [0, 0.1) is 31.3 Å². The second-order valence-corrected chi connectivity index (χ2v) is 11.0. The van der Waals surface area contributed by atoms with Crippen molar-refractivity contribution in [3.05, 3.63) is 110 Å². The molecule has 1 aromatic carbocycles. The number of rotatable bonds is 6. The molecular formula is C31H26ClF3N4O2. The highest BCUT2D eigenvalue weighted by molar-refractivity contribution is 6.31. The number of aryl methyl sites for hydroxylation is 2. The first-order valence-electron chi connectivity index (χ1n) is 14.6. The first-order valence-corrected chi connectivity index (χ1v) is 13.5. The average Bonchev–Trinajstić information content (AvgIpc) is 3.88. The van der Waals surface area contributed by atoms with E-state index in [1.54, 1.807) is 19.2 Å². The number of carbonyl (C=O) groups excluding carboxylic acids is 1. The van der Waals surface area contributed by atoms with Crippen molar-refractivity contribution in [1.82, 2.24) is 19.4 Å². The van der Waals surface area contributed by atoms with Crippen LogP contribution in [0.1, 0.15) is 68.0 Å². The summed E-state index contributed by atoms with van der Waals surface area (Å²) in [4.78, 5) is 35.5. The summed E-state index contributed by atoms with van der Waals surface area (Å²) in [7, 11) is 0. The Bertz CT molecular complexity index is 1890. The van der Waals surface area contributed by atoms with Crippen molar-refractivity contribution in [3.63, 3.8) is 0 Å². The largest absolute Gasteiger partial charge is 0.339 e. The summed E-state index contributed by atoms with van der Waals surface area (Å²) in [5, 5.41) is -0.117. The van der Waals surface area contributed by atoms with E-state index < -0.39 is 53.2 Å². The molecule has 0 spiro atoms. The standard InChI is InChI=1S/C31H26ClF3N4O2/c1-15-12-37-28(20-5-4-6-21(26(20)34)30(40)38(3)19-7-8-19)27(35)29(15)39-16(2)9-24(25(32)31(39)41)23-11-22(23)17-10-18(33)14-36-13-17/h4-6,9-10,12-14,19,22-23H,7-8,11H2,1-3H3/t22-,23+/m1/s1/i3D3. The van der Waals surface area contributed by atoms with Gasteiger partial charge in [-0.1, -0.05) is 17.7 Å². The number of aromatic nitrogens is 3. The van der Waals surface area contributed by atoms with Gasteiger partial charge in [0.25, 0.3) is 11.5 Å². The predicted octanol–water partition coefficient (Wildman–Crippen LogP) is 6.49. The van der Waals surface area contributed by atoms with Crippen LogP contribution in [0.25, 0.3) is 16.9 Å². The molecule has 210 valence electrons. The SMILES string of the molecule is [2H]C([2H])([2H])N(C(=O)c1cccc(-c2ncc(C)c(-n3c(C)cc([C@H]4C[C@@H]4c4cncc(F)c4)c(Cl)c3=O)c2F)c1F)C1CC1. The van der Waals surface area contributed by atoms with Crippen LogP contribution in [-0.4, -0.2) is 38.4 Å². The average molecular weight is 582 g/mol. The van der Waals surface area contributed by atoms with Crippen LogP contribution in [0.2, 0.25) is 5.02 Å². The number of halogens is 4. The zero-order chi connectivity index (χ0) is 31.7. The fraction of sp³-hybridized carbons (Fsp3) is 0.290. The van der Waals surface area contributed by atoms with Gasteiger partial charge in [-0.2, -0.15) is 0 Å². The van der Waals surface area contributed by atoms with E-state index in [4.69, 9.17) is 15.7 Å². The number of benzene rings is 1. The summed E-state index contributed by atoms with van der Waals surface area (Å²) in [6.45, 7) is 0.374. The van der Waals surface area contributed by atoms with Gasteiger partial charge >= 0.3 is 0 Å². The lowest BCUT2D eigenvalue weighted by Crippen LogP contribution is -2.29. The molecule has 0 saturated heterocycles. The molecule has 2 atom stereocenters. The van der Waals surface area contributed by atoms with E-state index in [9.17, 15) is 14.0 Å². The molecule has 2 aliphatic rings. The summed E-state index contributed by atoms with van der Waals surface area (Å²) in [6.07, 6.45) is 5.57. The Balaban J connectivity index is 1.40. The fourth-order valence-corrected chi connectivity index (χ4v) is 5.63. The van der Waals surface area contributed by atoms with Crippen LogP contribution < -0.4 is 5.56 Å². The minimum Gasteiger partial charge on any atom is -0.339 e. The van der Waals surface area contributed by atoms with Crippen molar-refractivity contribution in [1.29, 1.82) is 0 Å². The maximum atomic E-state index is 16.3. The molecule has 2 fully saturated rings. The molecule has 0 aliphatic heterocycles. The number of nitrogens with zero attached hydrogens (tertiary/aromatic N) is 4. The van der Waals surface area contributed by atoms with Crippen LogP contribution in [0.3, 0.4) is 0 Å². The van der Waals surface area contributed by atoms with E-state index >= 15 is 8.78 Å². The van der Waals surface area contributed by atoms with Gasteiger partial charge in [0.1, 0.15) is 22.4 Å². The lowest BCUT2D eigenvalue weighted by molar-refractivity contribution is 0.0780. The van der Waals surface area contributed by atoms with Crippen LogP contribution in [0.15, 0.2) is 53.7 Å². The van der Waals surface area contributed by atoms with Gasteiger partial charge in [-0.15, -0.1) is 0 Å². The second-order valence-electron chi connectivity index (χ2n) is 10.6. The lowest BCUT2D eigenvalue weighted by atomic mass is 10.0. The third-order valence-electron chi connectivity index (χ3n) is 7.72. The minimum absolute atomic E-state index is 0.0736. The Morgan fingerprint density at radius 2 is 1.88 bits per heavy atom. The maximum Gasteiger partial charge on any atom is 0.274 e. The summed E-state index contributed by atoms with van der Waals surface area (Å²) in [5.74, 6) is -3.86. The zero-order valence-electron chi connectivity index (χ0n) is 25.1. The molecule has 10 heteroatoms. The van der Waals surface area contributed by atoms with E-state index in [1.165, 1.54) is 31.3 Å². The van der Waals surface area contributed by atoms with Crippen molar-refractivity contribution in [2.75, 3.05) is 6.98 Å². The summed E-state index contributed by atoms with van der Waals surface area (Å²) in [6, 6.07) is 6.24. The van der Waals surface area contributed by atoms with Crippen LogP contribution in [0.5, 0.6) is 0 Å². The second kappa shape index (κ2) is 10.1. The van der Waals surface area contributed by atoms with Crippen molar-refractivity contribution in [2.45, 2.75) is 51.0 Å². The van der Waals surface area contributed by atoms with Gasteiger partial charge in [0, 0.05) is 40.8 Å². The van der Waals surface area contributed by atoms with Gasteiger partial charge in [0.05, 0.1) is 17.4 Å². The van der Waals surface area contributed by atoms with Crippen molar-refractivity contribution in [2.24, 2.45) is 0 Å². The van der Waals surface area contributed by atoms with Gasteiger partial charge in [-0.25, -0.2) is 13.2 Å². The molecule has 0 unspecified atom stereocenters. The predicted molar refractivity (Wildman–Crippen MR) is 149 cm³/mol. The number of hydrogen-bond donors (Lipinski definition) is 0. The highest BCUT2D eigenvalue weighted by Crippen LogP contribution is 2.55. The topological polar surface area (TPSA) is 68.1 Å². The van der Waals surface area contributed by atoms with Gasteiger partial charge < -0.3 is 4.90 Å². The number of pyridine rings is 3. The Hall–Kier alpha value is -3.98. The summed E-state index contributed by atoms with van der Waals surface area (Å²) < 4.78 is 70.3. The van der Waals surface area contributed by atoms with E-state index in [-0.39, 0.29) is 33.7 Å². The highest BCUT2D eigenvalue weighted by Gasteiger charge is 2.42. The maximum absolute atomic E-state index is 16.3. The molecular weight excluding hydrogens is 553 g/mol. The van der Waals surface area contributed by atoms with Gasteiger partial charge in [-0.3, -0.25) is 24.1 Å². The Morgan fingerprint density at radius 1 is 1.10 bits per heavy atom. The van der Waals surface area contributed by atoms with Gasteiger partial charge in [0.2, 0.25) is 0 Å². The summed E-state index contributed by atoms with van der Waals surface area (Å²) >= 11 is 6.57. The molecule has 3 aromatic heterocycles. The van der Waals surface area contributed by atoms with Crippen LogP contribution in [-0.2, 0) is 0 Å². The number of hydrogen-bond acceptors (Lipinski definition) is 4. The molecule has 6 rings (SSSR count). The zero-order valence-corrected chi connectivity index (χ0v) is 22.8. The molecule has 0 N–H and O–H groups in total. The van der Waals surface area contributed by atoms with Crippen molar-refractivity contribution >= 4 is 17.5 Å². The molecule has 41 heavy (non-hydrogen) atoms. The molecule has 3 heterocycles. The van der Waals surface area contributed by atoms with Crippen LogP contribution in [0.4, 0.5) is 13.2 Å². The van der Waals surface area contributed by atoms with Gasteiger partial charge in [0.15, 0.2) is 5.82 Å². The van der Waals surface area contributed by atoms with E-state index in [2.05, 4.69) is 9.97 Å². The lowest BCUT2D eigenvalue weighted by Gasteiger charge is -2.19. The van der Waals surface area contributed by atoms with Crippen LogP contribution >= 0.6 is 11.6 Å². The Morgan fingerprint density at radius 3 is 2.59 bits per heavy atom. The first-order chi connectivity index (χ1) is 20.8. The normalized spacial score (nSPS) is 19.3. The molecule has 6 nitrogen and oxygen atoms in total. The minimum atomic E-state index is -2.78. The third kappa shape index (κ3) is 4.72. The summed E-state index contributed by atoms with van der Waals surface area (Å²) in [5.41, 5.74) is -0.358. The quantitative estimate of drug-likeness (QED) is 0.261. The molecule has 4 aromatic rings. The molecule has 2 saturated carbocycles. The van der Waals surface area contributed by atoms with E-state index in [1.807, 2.05) is 0 Å². The van der Waals surface area contributed by atoms with Gasteiger partial charge in [-0.05, 0) is 85.9 Å². The smallest absolute Gasteiger partial charge is 0.274 e. The highest BCUT2D eigenvalue weighted by atomic mass is 35.5. The molecule has 0 bridgehead atoms. The first kappa shape index (κ1) is 23.7. The Labute approximate surface area is 243 Å². The Kier molecular flexibility index (Phi) is 5.86. The monoisotopic (exact) mass is 581 g/mol. The van der Waals surface area contributed by atoms with Crippen molar-refractivity contribution in [3.8, 4) is 16.9 Å². The van der Waals surface area contributed by atoms with Crippen molar-refractivity contribution < 1.29 is 22.1 Å². The molecule has 0 radical (unpaired) electrons. The molecule has 1 amide bonds. The van der Waals surface area contributed by atoms with E-state index in [0.717, 1.165) is 16.8 Å². The number of carbonyl (C=O) groups is 1. The fourth-order valence-electron chi connectivity index (χ4n) is 5.36. The molecule has 2 aliphatic carbocycles. The van der Waals surface area contributed by atoms with E-state index in [0.29, 0.717) is 41.0 Å². The number of amides is 1. The third-order valence-corrected chi connectivity index (χ3v) is 8.10.